The zero-order chi connectivity index (χ0) is 9.26. The Balaban J connectivity index is 1.99. The number of piperidine rings is 1. The van der Waals surface area contributed by atoms with Crippen LogP contribution in [0, 0.1) is 11.8 Å². The molecule has 13 heavy (non-hydrogen) atoms. The van der Waals surface area contributed by atoms with E-state index in [4.69, 9.17) is 0 Å². The van der Waals surface area contributed by atoms with Crippen LogP contribution in [-0.4, -0.2) is 32.0 Å². The number of fused-ring (bicyclic) bond motifs is 2. The summed E-state index contributed by atoms with van der Waals surface area (Å²) in [4.78, 5) is 4.16. The molecule has 74 valence electrons. The summed E-state index contributed by atoms with van der Waals surface area (Å²) < 4.78 is 0. The standard InChI is InChI=1S/C10H19N3/c1-7(11-2)13-10-8-3-4-9(10)6-12-5-8/h8-10,12H,3-6H2,1-2H3,(H,11,13)/t8-,9+,10?. The number of hydrogen-bond acceptors (Lipinski definition) is 2. The minimum absolute atomic E-state index is 0.685. The fourth-order valence-electron chi connectivity index (χ4n) is 2.63. The van der Waals surface area contributed by atoms with Crippen LogP contribution in [-0.2, 0) is 0 Å². The molecule has 1 saturated carbocycles. The van der Waals surface area contributed by atoms with E-state index in [0.29, 0.717) is 6.04 Å². The highest BCUT2D eigenvalue weighted by Crippen LogP contribution is 2.33. The molecule has 1 aliphatic carbocycles. The van der Waals surface area contributed by atoms with E-state index in [9.17, 15) is 0 Å². The van der Waals surface area contributed by atoms with Gasteiger partial charge in [0, 0.05) is 13.1 Å². The first-order valence-corrected chi connectivity index (χ1v) is 5.22. The summed E-state index contributed by atoms with van der Waals surface area (Å²) >= 11 is 0. The Hall–Kier alpha value is -0.570. The molecule has 0 spiro atoms. The monoisotopic (exact) mass is 181 g/mol. The Morgan fingerprint density at radius 1 is 1.31 bits per heavy atom. The van der Waals surface area contributed by atoms with Crippen LogP contribution in [0.1, 0.15) is 19.8 Å². The molecule has 2 rings (SSSR count). The molecule has 0 radical (unpaired) electrons. The minimum Gasteiger partial charge on any atom is -0.371 e. The highest BCUT2D eigenvalue weighted by atomic mass is 15.1. The molecule has 2 fully saturated rings. The molecule has 3 heteroatoms. The lowest BCUT2D eigenvalue weighted by Crippen LogP contribution is -2.50. The fraction of sp³-hybridized carbons (Fsp3) is 0.900. The van der Waals surface area contributed by atoms with Gasteiger partial charge < -0.3 is 10.6 Å². The molecule has 1 saturated heterocycles. The first-order chi connectivity index (χ1) is 6.31. The van der Waals surface area contributed by atoms with Crippen LogP contribution in [0.5, 0.6) is 0 Å². The number of nitrogens with one attached hydrogen (secondary N) is 2. The van der Waals surface area contributed by atoms with Crippen LogP contribution in [0.4, 0.5) is 0 Å². The van der Waals surface area contributed by atoms with E-state index in [1.165, 1.54) is 25.9 Å². The van der Waals surface area contributed by atoms with E-state index < -0.39 is 0 Å². The van der Waals surface area contributed by atoms with Crippen molar-refractivity contribution in [3.8, 4) is 0 Å². The van der Waals surface area contributed by atoms with Gasteiger partial charge in [0.15, 0.2) is 0 Å². The molecule has 1 aliphatic heterocycles. The highest BCUT2D eigenvalue weighted by molar-refractivity contribution is 5.79. The van der Waals surface area contributed by atoms with Gasteiger partial charge in [0.25, 0.3) is 0 Å². The lowest BCUT2D eigenvalue weighted by Gasteiger charge is -2.32. The third-order valence-electron chi connectivity index (χ3n) is 3.45. The number of hydrogen-bond donors (Lipinski definition) is 2. The summed E-state index contributed by atoms with van der Waals surface area (Å²) in [5.74, 6) is 2.75. The first-order valence-electron chi connectivity index (χ1n) is 5.22. The second-order valence-electron chi connectivity index (χ2n) is 4.23. The third-order valence-corrected chi connectivity index (χ3v) is 3.45. The van der Waals surface area contributed by atoms with Crippen molar-refractivity contribution >= 4 is 5.84 Å². The van der Waals surface area contributed by atoms with E-state index in [2.05, 4.69) is 22.5 Å². The van der Waals surface area contributed by atoms with Crippen molar-refractivity contribution in [2.75, 3.05) is 20.1 Å². The summed E-state index contributed by atoms with van der Waals surface area (Å²) in [6, 6.07) is 0.685. The maximum atomic E-state index is 4.16. The van der Waals surface area contributed by atoms with E-state index in [1.807, 2.05) is 7.05 Å². The summed E-state index contributed by atoms with van der Waals surface area (Å²) in [5, 5.41) is 7.03. The van der Waals surface area contributed by atoms with E-state index in [-0.39, 0.29) is 0 Å². The third kappa shape index (κ3) is 1.70. The van der Waals surface area contributed by atoms with Gasteiger partial charge in [-0.3, -0.25) is 4.99 Å². The van der Waals surface area contributed by atoms with Crippen LogP contribution < -0.4 is 10.6 Å². The maximum Gasteiger partial charge on any atom is 0.0930 e. The van der Waals surface area contributed by atoms with Crippen LogP contribution in [0.25, 0.3) is 0 Å². The predicted octanol–water partition coefficient (Wildman–Crippen LogP) is 0.622. The van der Waals surface area contributed by atoms with E-state index in [1.54, 1.807) is 0 Å². The zero-order valence-corrected chi connectivity index (χ0v) is 8.51. The Morgan fingerprint density at radius 2 is 1.92 bits per heavy atom. The van der Waals surface area contributed by atoms with Crippen molar-refractivity contribution in [1.29, 1.82) is 0 Å². The molecule has 0 amide bonds. The summed E-state index contributed by atoms with van der Waals surface area (Å²) in [7, 11) is 1.85. The summed E-state index contributed by atoms with van der Waals surface area (Å²) in [6.45, 7) is 4.43. The Morgan fingerprint density at radius 3 is 2.46 bits per heavy atom. The molecular weight excluding hydrogens is 162 g/mol. The van der Waals surface area contributed by atoms with E-state index in [0.717, 1.165) is 17.7 Å². The van der Waals surface area contributed by atoms with Crippen LogP contribution in [0.15, 0.2) is 4.99 Å². The van der Waals surface area contributed by atoms with Gasteiger partial charge in [-0.05, 0) is 44.7 Å². The van der Waals surface area contributed by atoms with Gasteiger partial charge >= 0.3 is 0 Å². The normalized spacial score (nSPS) is 39.2. The summed E-state index contributed by atoms with van der Waals surface area (Å²) in [6.07, 6.45) is 2.76. The Bertz CT molecular complexity index is 196. The number of rotatable bonds is 1. The van der Waals surface area contributed by atoms with Gasteiger partial charge in [-0.15, -0.1) is 0 Å². The lowest BCUT2D eigenvalue weighted by molar-refractivity contribution is 0.300. The largest absolute Gasteiger partial charge is 0.371 e. The molecule has 0 aromatic carbocycles. The molecule has 3 nitrogen and oxygen atoms in total. The average molecular weight is 181 g/mol. The topological polar surface area (TPSA) is 36.4 Å². The second-order valence-corrected chi connectivity index (χ2v) is 4.23. The average Bonchev–Trinajstić information content (AvgIpc) is 2.41. The zero-order valence-electron chi connectivity index (χ0n) is 8.51. The van der Waals surface area contributed by atoms with Gasteiger partial charge in [0.1, 0.15) is 0 Å². The SMILES string of the molecule is CN=C(C)NC1[C@@H]2CC[C@H]1CNC2. The van der Waals surface area contributed by atoms with E-state index >= 15 is 0 Å². The fourth-order valence-corrected chi connectivity index (χ4v) is 2.63. The van der Waals surface area contributed by atoms with Crippen molar-refractivity contribution in [2.24, 2.45) is 16.8 Å². The Labute approximate surface area is 80.0 Å². The first kappa shape index (κ1) is 9.00. The van der Waals surface area contributed by atoms with Gasteiger partial charge in [0.2, 0.25) is 0 Å². The molecule has 2 N–H and O–H groups in total. The molecular formula is C10H19N3. The molecule has 1 unspecified atom stereocenters. The molecule has 0 aromatic heterocycles. The smallest absolute Gasteiger partial charge is 0.0930 e. The second kappa shape index (κ2) is 3.66. The van der Waals surface area contributed by atoms with Crippen molar-refractivity contribution in [1.82, 2.24) is 10.6 Å². The highest BCUT2D eigenvalue weighted by Gasteiger charge is 2.38. The van der Waals surface area contributed by atoms with Gasteiger partial charge in [0.05, 0.1) is 5.84 Å². The number of nitrogens with zero attached hydrogens (tertiary/aromatic N) is 1. The molecule has 2 bridgehead atoms. The Kier molecular flexibility index (Phi) is 2.54. The summed E-state index contributed by atoms with van der Waals surface area (Å²) in [5.41, 5.74) is 0. The van der Waals surface area contributed by atoms with Crippen molar-refractivity contribution in [3.63, 3.8) is 0 Å². The lowest BCUT2D eigenvalue weighted by atomic mass is 9.93. The molecule has 3 atom stereocenters. The van der Waals surface area contributed by atoms with Crippen LogP contribution >= 0.6 is 0 Å². The maximum absolute atomic E-state index is 4.16. The molecule has 1 heterocycles. The quantitative estimate of drug-likeness (QED) is 0.459. The minimum atomic E-state index is 0.685. The van der Waals surface area contributed by atoms with Gasteiger partial charge in [-0.2, -0.15) is 0 Å². The van der Waals surface area contributed by atoms with Gasteiger partial charge in [-0.1, -0.05) is 0 Å². The molecule has 2 aliphatic rings. The predicted molar refractivity (Wildman–Crippen MR) is 55.0 cm³/mol. The van der Waals surface area contributed by atoms with Crippen molar-refractivity contribution in [2.45, 2.75) is 25.8 Å². The molecule has 0 aromatic rings. The van der Waals surface area contributed by atoms with Crippen LogP contribution in [0.2, 0.25) is 0 Å². The number of amidine groups is 1. The van der Waals surface area contributed by atoms with Gasteiger partial charge in [-0.25, -0.2) is 0 Å². The van der Waals surface area contributed by atoms with Crippen molar-refractivity contribution in [3.05, 3.63) is 0 Å². The van der Waals surface area contributed by atoms with Crippen LogP contribution in [0.3, 0.4) is 0 Å². The number of aliphatic imine (C=N–C) groups is 1. The van der Waals surface area contributed by atoms with Crippen molar-refractivity contribution < 1.29 is 0 Å².